The number of nitrogens with one attached hydrogen (secondary N) is 1. The highest BCUT2D eigenvalue weighted by atomic mass is 19.1. The number of methoxy groups -OCH3 is 1. The fraction of sp³-hybridized carbons (Fsp3) is 0.533. The third-order valence-electron chi connectivity index (χ3n) is 3.23. The summed E-state index contributed by atoms with van der Waals surface area (Å²) in [5.74, 6) is -2.21. The summed E-state index contributed by atoms with van der Waals surface area (Å²) in [6.45, 7) is 0.504. The lowest BCUT2D eigenvalue weighted by Gasteiger charge is -2.10. The van der Waals surface area contributed by atoms with Crippen molar-refractivity contribution in [1.82, 2.24) is 5.32 Å². The Labute approximate surface area is 122 Å². The lowest BCUT2D eigenvalue weighted by atomic mass is 10.2. The number of benzene rings is 1. The quantitative estimate of drug-likeness (QED) is 0.592. The van der Waals surface area contributed by atoms with E-state index in [1.807, 2.05) is 0 Å². The third kappa shape index (κ3) is 4.97. The maximum absolute atomic E-state index is 13.8. The SMILES string of the molecule is COC(=O)CCCOc1c(F)cc(CNC2CC2)cc1F. The molecule has 0 unspecified atom stereocenters. The van der Waals surface area contributed by atoms with E-state index in [0.29, 0.717) is 24.6 Å². The van der Waals surface area contributed by atoms with Crippen LogP contribution >= 0.6 is 0 Å². The van der Waals surface area contributed by atoms with Crippen LogP contribution in [0.3, 0.4) is 0 Å². The van der Waals surface area contributed by atoms with Gasteiger partial charge in [0.2, 0.25) is 0 Å². The van der Waals surface area contributed by atoms with Gasteiger partial charge in [-0.3, -0.25) is 4.79 Å². The topological polar surface area (TPSA) is 47.6 Å². The molecule has 1 N–H and O–H groups in total. The predicted octanol–water partition coefficient (Wildman–Crippen LogP) is 2.55. The average molecular weight is 299 g/mol. The first kappa shape index (κ1) is 15.7. The Morgan fingerprint density at radius 1 is 1.33 bits per heavy atom. The Balaban J connectivity index is 1.85. The first-order valence-corrected chi connectivity index (χ1v) is 7.01. The molecule has 0 spiro atoms. The van der Waals surface area contributed by atoms with Gasteiger partial charge in [-0.2, -0.15) is 0 Å². The first-order valence-electron chi connectivity index (χ1n) is 7.01. The Morgan fingerprint density at radius 2 is 2.00 bits per heavy atom. The maximum atomic E-state index is 13.8. The summed E-state index contributed by atoms with van der Waals surface area (Å²) in [5, 5.41) is 3.19. The van der Waals surface area contributed by atoms with Gasteiger partial charge in [-0.15, -0.1) is 0 Å². The van der Waals surface area contributed by atoms with Crippen LogP contribution in [-0.2, 0) is 16.1 Å². The van der Waals surface area contributed by atoms with Crippen LogP contribution in [0.4, 0.5) is 8.78 Å². The summed E-state index contributed by atoms with van der Waals surface area (Å²) in [6, 6.07) is 3.02. The number of hydrogen-bond acceptors (Lipinski definition) is 4. The number of rotatable bonds is 8. The fourth-order valence-corrected chi connectivity index (χ4v) is 1.89. The third-order valence-corrected chi connectivity index (χ3v) is 3.23. The van der Waals surface area contributed by atoms with E-state index in [2.05, 4.69) is 10.1 Å². The molecule has 0 aromatic heterocycles. The minimum Gasteiger partial charge on any atom is -0.488 e. The molecule has 1 aromatic rings. The van der Waals surface area contributed by atoms with Crippen molar-refractivity contribution in [3.63, 3.8) is 0 Å². The van der Waals surface area contributed by atoms with Crippen LogP contribution in [0.1, 0.15) is 31.2 Å². The molecular weight excluding hydrogens is 280 g/mol. The second-order valence-electron chi connectivity index (χ2n) is 5.07. The van der Waals surface area contributed by atoms with E-state index >= 15 is 0 Å². The smallest absolute Gasteiger partial charge is 0.305 e. The summed E-state index contributed by atoms with van der Waals surface area (Å²) >= 11 is 0. The number of esters is 1. The minimum absolute atomic E-state index is 0.0581. The van der Waals surface area contributed by atoms with Gasteiger partial charge in [-0.1, -0.05) is 0 Å². The molecule has 0 heterocycles. The number of carbonyl (C=O) groups is 1. The zero-order valence-corrected chi connectivity index (χ0v) is 12.0. The van der Waals surface area contributed by atoms with Crippen LogP contribution in [-0.4, -0.2) is 25.7 Å². The molecule has 4 nitrogen and oxygen atoms in total. The molecule has 21 heavy (non-hydrogen) atoms. The second kappa shape index (κ2) is 7.36. The van der Waals surface area contributed by atoms with E-state index in [4.69, 9.17) is 4.74 Å². The highest BCUT2D eigenvalue weighted by Crippen LogP contribution is 2.25. The van der Waals surface area contributed by atoms with E-state index in [1.54, 1.807) is 0 Å². The predicted molar refractivity (Wildman–Crippen MR) is 73.0 cm³/mol. The van der Waals surface area contributed by atoms with Gasteiger partial charge in [-0.25, -0.2) is 8.78 Å². The first-order chi connectivity index (χ1) is 10.1. The van der Waals surface area contributed by atoms with Gasteiger partial charge in [0.05, 0.1) is 13.7 Å². The summed E-state index contributed by atoms with van der Waals surface area (Å²) in [6.07, 6.45) is 2.73. The van der Waals surface area contributed by atoms with E-state index in [9.17, 15) is 13.6 Å². The molecule has 1 aliphatic rings. The van der Waals surface area contributed by atoms with Crippen molar-refractivity contribution in [3.05, 3.63) is 29.3 Å². The van der Waals surface area contributed by atoms with Crippen molar-refractivity contribution in [3.8, 4) is 5.75 Å². The van der Waals surface area contributed by atoms with Gasteiger partial charge in [0.1, 0.15) is 0 Å². The van der Waals surface area contributed by atoms with Crippen LogP contribution in [0.25, 0.3) is 0 Å². The van der Waals surface area contributed by atoms with Crippen molar-refractivity contribution in [1.29, 1.82) is 0 Å². The van der Waals surface area contributed by atoms with Crippen molar-refractivity contribution in [2.24, 2.45) is 0 Å². The molecule has 116 valence electrons. The molecule has 1 fully saturated rings. The van der Waals surface area contributed by atoms with E-state index in [1.165, 1.54) is 19.2 Å². The van der Waals surface area contributed by atoms with Crippen molar-refractivity contribution in [2.75, 3.05) is 13.7 Å². The number of hydrogen-bond donors (Lipinski definition) is 1. The highest BCUT2D eigenvalue weighted by molar-refractivity contribution is 5.69. The second-order valence-corrected chi connectivity index (χ2v) is 5.07. The van der Waals surface area contributed by atoms with Gasteiger partial charge in [0, 0.05) is 19.0 Å². The molecule has 2 rings (SSSR count). The van der Waals surface area contributed by atoms with Crippen molar-refractivity contribution < 1.29 is 23.0 Å². The lowest BCUT2D eigenvalue weighted by molar-refractivity contribution is -0.140. The van der Waals surface area contributed by atoms with Crippen molar-refractivity contribution in [2.45, 2.75) is 38.3 Å². The van der Waals surface area contributed by atoms with Crippen molar-refractivity contribution >= 4 is 5.97 Å². The highest BCUT2D eigenvalue weighted by Gasteiger charge is 2.20. The molecule has 0 amide bonds. The molecule has 0 radical (unpaired) electrons. The fourth-order valence-electron chi connectivity index (χ4n) is 1.89. The molecule has 0 saturated heterocycles. The molecule has 1 aromatic carbocycles. The monoisotopic (exact) mass is 299 g/mol. The summed E-state index contributed by atoms with van der Waals surface area (Å²) < 4.78 is 37.2. The van der Waals surface area contributed by atoms with Gasteiger partial charge in [-0.05, 0) is 37.0 Å². The minimum atomic E-state index is -0.722. The average Bonchev–Trinajstić information content (AvgIpc) is 3.27. The van der Waals surface area contributed by atoms with Gasteiger partial charge in [0.15, 0.2) is 17.4 Å². The van der Waals surface area contributed by atoms with Crippen LogP contribution in [0.2, 0.25) is 0 Å². The van der Waals surface area contributed by atoms with Crippen LogP contribution in [0.5, 0.6) is 5.75 Å². The lowest BCUT2D eigenvalue weighted by Crippen LogP contribution is -2.15. The largest absolute Gasteiger partial charge is 0.488 e. The van der Waals surface area contributed by atoms with Gasteiger partial charge < -0.3 is 14.8 Å². The standard InChI is InChI=1S/C15H19F2NO3/c1-20-14(19)3-2-6-21-15-12(16)7-10(8-13(15)17)9-18-11-4-5-11/h7-8,11,18H,2-6,9H2,1H3. The number of carbonyl (C=O) groups excluding carboxylic acids is 1. The molecule has 0 bridgehead atoms. The molecule has 1 saturated carbocycles. The molecule has 6 heteroatoms. The number of ether oxygens (including phenoxy) is 2. The molecular formula is C15H19F2NO3. The Kier molecular flexibility index (Phi) is 5.50. The van der Waals surface area contributed by atoms with E-state index in [0.717, 1.165) is 12.8 Å². The van der Waals surface area contributed by atoms with Gasteiger partial charge in [0.25, 0.3) is 0 Å². The zero-order valence-electron chi connectivity index (χ0n) is 12.0. The summed E-state index contributed by atoms with van der Waals surface area (Å²) in [5.41, 5.74) is 0.554. The van der Waals surface area contributed by atoms with Crippen LogP contribution in [0.15, 0.2) is 12.1 Å². The normalized spacial score (nSPS) is 14.0. The number of halogens is 2. The molecule has 0 atom stereocenters. The Morgan fingerprint density at radius 3 is 2.57 bits per heavy atom. The van der Waals surface area contributed by atoms with E-state index < -0.39 is 17.4 Å². The van der Waals surface area contributed by atoms with Gasteiger partial charge >= 0.3 is 5.97 Å². The Hall–Kier alpha value is -1.69. The summed E-state index contributed by atoms with van der Waals surface area (Å²) in [4.78, 5) is 10.9. The summed E-state index contributed by atoms with van der Waals surface area (Å²) in [7, 11) is 1.29. The molecule has 0 aliphatic heterocycles. The van der Waals surface area contributed by atoms with Crippen LogP contribution in [0, 0.1) is 11.6 Å². The Bertz CT molecular complexity index is 481. The molecule has 1 aliphatic carbocycles. The zero-order chi connectivity index (χ0) is 15.2. The van der Waals surface area contributed by atoms with Crippen LogP contribution < -0.4 is 10.1 Å². The van der Waals surface area contributed by atoms with E-state index in [-0.39, 0.29) is 19.0 Å². The maximum Gasteiger partial charge on any atom is 0.305 e.